The van der Waals surface area contributed by atoms with Crippen LogP contribution in [0.2, 0.25) is 0 Å². The highest BCUT2D eigenvalue weighted by atomic mass is 16.7. The van der Waals surface area contributed by atoms with Crippen LogP contribution < -0.4 is 16.6 Å². The van der Waals surface area contributed by atoms with Crippen LogP contribution in [-0.2, 0) is 33.3 Å². The van der Waals surface area contributed by atoms with E-state index in [2.05, 4.69) is 15.3 Å². The molecular weight excluding hydrogens is 474 g/mol. The first-order valence-electron chi connectivity index (χ1n) is 11.3. The number of aliphatic imine (C=N–C) groups is 1. The SMILES string of the molecule is CC(=O)OC[C@H]1O[C@@H](n2cc3c(N)cc(=O)nc4c3c2N=CN4)[C@@](C)(OC(=O)C(C)C)[C@@H]1OC(C)=O. The molecule has 4 heterocycles. The van der Waals surface area contributed by atoms with Crippen LogP contribution in [0, 0.1) is 5.92 Å². The number of nitrogen functional groups attached to an aromatic ring is 1. The second-order valence-corrected chi connectivity index (χ2v) is 9.07. The molecule has 0 aliphatic carbocycles. The lowest BCUT2D eigenvalue weighted by Crippen LogP contribution is -2.50. The Balaban J connectivity index is 1.92. The summed E-state index contributed by atoms with van der Waals surface area (Å²) in [5.74, 6) is -1.71. The number of esters is 3. The van der Waals surface area contributed by atoms with Gasteiger partial charge in [0.1, 0.15) is 24.3 Å². The Morgan fingerprint density at radius 1 is 1.28 bits per heavy atom. The van der Waals surface area contributed by atoms with Gasteiger partial charge in [0.15, 0.2) is 17.9 Å². The highest BCUT2D eigenvalue weighted by Crippen LogP contribution is 2.48. The summed E-state index contributed by atoms with van der Waals surface area (Å²) >= 11 is 0. The van der Waals surface area contributed by atoms with Gasteiger partial charge in [-0.1, -0.05) is 13.8 Å². The third-order valence-electron chi connectivity index (χ3n) is 5.93. The van der Waals surface area contributed by atoms with E-state index in [-0.39, 0.29) is 18.1 Å². The van der Waals surface area contributed by atoms with Gasteiger partial charge >= 0.3 is 17.9 Å². The van der Waals surface area contributed by atoms with Crippen LogP contribution >= 0.6 is 0 Å². The lowest BCUT2D eigenvalue weighted by molar-refractivity contribution is -0.189. The summed E-state index contributed by atoms with van der Waals surface area (Å²) in [6.45, 7) is 7.08. The predicted octanol–water partition coefficient (Wildman–Crippen LogP) is 1.41. The van der Waals surface area contributed by atoms with E-state index < -0.39 is 53.4 Å². The van der Waals surface area contributed by atoms with Gasteiger partial charge in [-0.3, -0.25) is 19.2 Å². The summed E-state index contributed by atoms with van der Waals surface area (Å²) in [4.78, 5) is 56.9. The number of anilines is 2. The van der Waals surface area contributed by atoms with E-state index in [0.29, 0.717) is 16.6 Å². The van der Waals surface area contributed by atoms with E-state index in [4.69, 9.17) is 24.7 Å². The average molecular weight is 501 g/mol. The maximum absolute atomic E-state index is 12.8. The molecule has 4 atom stereocenters. The van der Waals surface area contributed by atoms with E-state index >= 15 is 0 Å². The van der Waals surface area contributed by atoms with Gasteiger partial charge in [0.2, 0.25) is 0 Å². The second kappa shape index (κ2) is 9.22. The Morgan fingerprint density at radius 3 is 2.64 bits per heavy atom. The van der Waals surface area contributed by atoms with Crippen LogP contribution in [0.4, 0.5) is 17.3 Å². The van der Waals surface area contributed by atoms with E-state index in [1.807, 2.05) is 0 Å². The molecule has 13 nitrogen and oxygen atoms in total. The number of aromatic nitrogens is 2. The summed E-state index contributed by atoms with van der Waals surface area (Å²) in [6.07, 6.45) is -0.255. The van der Waals surface area contributed by atoms with Crippen molar-refractivity contribution < 1.29 is 33.3 Å². The molecule has 3 N–H and O–H groups in total. The minimum absolute atomic E-state index is 0.152. The van der Waals surface area contributed by atoms with Crippen molar-refractivity contribution in [2.45, 2.75) is 58.7 Å². The predicted molar refractivity (Wildman–Crippen MR) is 128 cm³/mol. The zero-order chi connectivity index (χ0) is 26.4. The number of ether oxygens (including phenoxy) is 4. The molecule has 2 aromatic rings. The average Bonchev–Trinajstić information content (AvgIpc) is 3.24. The van der Waals surface area contributed by atoms with Crippen LogP contribution in [-0.4, -0.2) is 58.2 Å². The second-order valence-electron chi connectivity index (χ2n) is 9.07. The third-order valence-corrected chi connectivity index (χ3v) is 5.93. The van der Waals surface area contributed by atoms with E-state index in [0.717, 1.165) is 0 Å². The Labute approximate surface area is 205 Å². The monoisotopic (exact) mass is 501 g/mol. The molecule has 0 aromatic carbocycles. The molecule has 4 rings (SSSR count). The number of hydrogen-bond donors (Lipinski definition) is 2. The normalized spacial score (nSPS) is 24.4. The summed E-state index contributed by atoms with van der Waals surface area (Å²) in [6, 6.07) is 1.19. The van der Waals surface area contributed by atoms with Crippen LogP contribution in [0.1, 0.15) is 40.8 Å². The first-order chi connectivity index (χ1) is 16.9. The summed E-state index contributed by atoms with van der Waals surface area (Å²) < 4.78 is 24.5. The number of carbonyl (C=O) groups is 3. The fourth-order valence-corrected chi connectivity index (χ4v) is 4.31. The van der Waals surface area contributed by atoms with E-state index in [1.165, 1.54) is 26.3 Å². The zero-order valence-electron chi connectivity index (χ0n) is 20.4. The first-order valence-corrected chi connectivity index (χ1v) is 11.3. The third kappa shape index (κ3) is 4.37. The maximum atomic E-state index is 12.8. The zero-order valence-corrected chi connectivity index (χ0v) is 20.4. The molecule has 0 bridgehead atoms. The largest absolute Gasteiger partial charge is 0.463 e. The molecule has 0 amide bonds. The topological polar surface area (TPSA) is 173 Å². The first kappa shape index (κ1) is 25.1. The minimum atomic E-state index is -1.57. The number of nitrogens with zero attached hydrogens (tertiary/aromatic N) is 3. The van der Waals surface area contributed by atoms with E-state index in [9.17, 15) is 19.2 Å². The van der Waals surface area contributed by atoms with E-state index in [1.54, 1.807) is 31.5 Å². The van der Waals surface area contributed by atoms with Crippen molar-refractivity contribution in [3.63, 3.8) is 0 Å². The van der Waals surface area contributed by atoms with Crippen molar-refractivity contribution in [2.75, 3.05) is 17.7 Å². The van der Waals surface area contributed by atoms with Crippen molar-refractivity contribution in [1.29, 1.82) is 0 Å². The summed E-state index contributed by atoms with van der Waals surface area (Å²) in [5.41, 5.74) is 4.21. The number of nitrogens with one attached hydrogen (secondary N) is 1. The minimum Gasteiger partial charge on any atom is -0.463 e. The summed E-state index contributed by atoms with van der Waals surface area (Å²) in [5, 5.41) is 3.74. The lowest BCUT2D eigenvalue weighted by Gasteiger charge is -2.35. The van der Waals surface area contributed by atoms with Gasteiger partial charge in [-0.05, 0) is 6.92 Å². The molecule has 0 unspecified atom stereocenters. The Morgan fingerprint density at radius 2 is 2.00 bits per heavy atom. The fraction of sp³-hybridized carbons (Fsp3) is 0.478. The molecular formula is C23H27N5O8. The maximum Gasteiger partial charge on any atom is 0.309 e. The van der Waals surface area contributed by atoms with Gasteiger partial charge in [-0.2, -0.15) is 4.98 Å². The van der Waals surface area contributed by atoms with Crippen LogP contribution in [0.5, 0.6) is 0 Å². The van der Waals surface area contributed by atoms with Crippen molar-refractivity contribution in [2.24, 2.45) is 10.9 Å². The quantitative estimate of drug-likeness (QED) is 0.433. The Kier molecular flexibility index (Phi) is 6.43. The van der Waals surface area contributed by atoms with Gasteiger partial charge in [0.25, 0.3) is 5.56 Å². The Hall–Kier alpha value is -4.00. The molecule has 2 aromatic heterocycles. The van der Waals surface area contributed by atoms with Crippen LogP contribution in [0.25, 0.3) is 10.8 Å². The van der Waals surface area contributed by atoms with Crippen molar-refractivity contribution in [1.82, 2.24) is 9.55 Å². The fourth-order valence-electron chi connectivity index (χ4n) is 4.31. The van der Waals surface area contributed by atoms with Crippen LogP contribution in [0.15, 0.2) is 22.1 Å². The van der Waals surface area contributed by atoms with Gasteiger partial charge in [0, 0.05) is 37.2 Å². The molecule has 0 saturated carbocycles. The van der Waals surface area contributed by atoms with Crippen molar-refractivity contribution >= 4 is 52.3 Å². The van der Waals surface area contributed by atoms with Crippen LogP contribution in [0.3, 0.4) is 0 Å². The molecule has 0 radical (unpaired) electrons. The van der Waals surface area contributed by atoms with Gasteiger partial charge < -0.3 is 34.6 Å². The Bertz CT molecular complexity index is 1340. The van der Waals surface area contributed by atoms with Gasteiger partial charge in [0.05, 0.1) is 17.6 Å². The smallest absolute Gasteiger partial charge is 0.309 e. The van der Waals surface area contributed by atoms with Crippen molar-refractivity contribution in [3.8, 4) is 0 Å². The standard InChI is InChI=1S/C23H27N5O8/c1-10(2)21(32)36-23(5)18(34-12(4)30)15(8-33-11(3)29)35-22(23)28-7-13-14(24)6-16(31)27-19-17(13)20(28)26-9-25-19/h6-7,9-10,15,18,22H,8,24H2,1-5H3,(H,25,26,27,31)/t15-,18-,22-,23+/m1/s1. The molecule has 13 heteroatoms. The molecule has 0 spiro atoms. The lowest BCUT2D eigenvalue weighted by atomic mass is 9.95. The molecule has 1 saturated heterocycles. The van der Waals surface area contributed by atoms with Crippen molar-refractivity contribution in [3.05, 3.63) is 22.6 Å². The number of nitrogens with two attached hydrogens (primary N) is 1. The molecule has 2 aliphatic heterocycles. The molecule has 192 valence electrons. The molecule has 36 heavy (non-hydrogen) atoms. The van der Waals surface area contributed by atoms with Gasteiger partial charge in [-0.25, -0.2) is 4.99 Å². The highest BCUT2D eigenvalue weighted by molar-refractivity contribution is 6.10. The highest BCUT2D eigenvalue weighted by Gasteiger charge is 2.60. The number of carbonyl (C=O) groups excluding carboxylic acids is 3. The van der Waals surface area contributed by atoms with Gasteiger partial charge in [-0.15, -0.1) is 0 Å². The summed E-state index contributed by atoms with van der Waals surface area (Å²) in [7, 11) is 0. The number of rotatable bonds is 6. The molecule has 2 aliphatic rings. The molecule has 1 fully saturated rings. The number of hydrogen-bond acceptors (Lipinski definition) is 12.